The summed E-state index contributed by atoms with van der Waals surface area (Å²) < 4.78 is 32.5. The van der Waals surface area contributed by atoms with Crippen molar-refractivity contribution in [2.45, 2.75) is 6.61 Å². The van der Waals surface area contributed by atoms with Crippen molar-refractivity contribution in [3.63, 3.8) is 0 Å². The van der Waals surface area contributed by atoms with E-state index in [1.54, 1.807) is 61.7 Å². The lowest BCUT2D eigenvalue weighted by Gasteiger charge is -2.13. The second kappa shape index (κ2) is 10.2. The third-order valence-corrected chi connectivity index (χ3v) is 5.46. The van der Waals surface area contributed by atoms with Crippen LogP contribution in [0.15, 0.2) is 63.8 Å². The normalized spacial score (nSPS) is 11.1. The highest BCUT2D eigenvalue weighted by Gasteiger charge is 2.15. The summed E-state index contributed by atoms with van der Waals surface area (Å²) in [6.07, 6.45) is 2.86. The van der Waals surface area contributed by atoms with E-state index in [2.05, 4.69) is 0 Å². The third kappa shape index (κ3) is 4.77. The van der Waals surface area contributed by atoms with Gasteiger partial charge in [0.15, 0.2) is 11.5 Å². The maximum atomic E-state index is 12.9. The molecule has 0 fully saturated rings. The van der Waals surface area contributed by atoms with Crippen LogP contribution in [0.2, 0.25) is 0 Å². The predicted octanol–water partition coefficient (Wildman–Crippen LogP) is 4.74. The average molecular weight is 476 g/mol. The molecule has 0 saturated heterocycles. The molecule has 180 valence electrons. The number of carbonyl (C=O) groups is 1. The molecule has 35 heavy (non-hydrogen) atoms. The minimum atomic E-state index is -0.556. The van der Waals surface area contributed by atoms with E-state index in [1.807, 2.05) is 0 Å². The average Bonchev–Trinajstić information content (AvgIpc) is 2.89. The van der Waals surface area contributed by atoms with Crippen molar-refractivity contribution in [3.8, 4) is 23.0 Å². The number of ether oxygens (including phenoxy) is 5. The molecular weight excluding hydrogens is 452 g/mol. The van der Waals surface area contributed by atoms with Crippen molar-refractivity contribution >= 4 is 34.0 Å². The molecule has 4 rings (SSSR count). The summed E-state index contributed by atoms with van der Waals surface area (Å²) in [6.45, 7) is -0.0116. The van der Waals surface area contributed by atoms with Gasteiger partial charge in [0.05, 0.1) is 39.2 Å². The van der Waals surface area contributed by atoms with Gasteiger partial charge in [0.25, 0.3) is 0 Å². The molecule has 0 unspecified atom stereocenters. The Balaban J connectivity index is 1.52. The minimum Gasteiger partial charge on any atom is -0.497 e. The van der Waals surface area contributed by atoms with Crippen LogP contribution in [0.25, 0.3) is 28.0 Å². The second-order valence-corrected chi connectivity index (χ2v) is 7.49. The van der Waals surface area contributed by atoms with Gasteiger partial charge in [-0.15, -0.1) is 0 Å². The first-order valence-electron chi connectivity index (χ1n) is 10.7. The SMILES string of the molecule is COc1ccc2c(=O)c3cc(COC(=O)/C=C/c4ccc(OC)c(OC)c4OC)ccc3oc2c1. The third-order valence-electron chi connectivity index (χ3n) is 5.46. The number of esters is 1. The van der Waals surface area contributed by atoms with Crippen LogP contribution in [0.3, 0.4) is 0 Å². The van der Waals surface area contributed by atoms with E-state index in [-0.39, 0.29) is 12.0 Å². The van der Waals surface area contributed by atoms with Crippen molar-refractivity contribution in [1.29, 1.82) is 0 Å². The van der Waals surface area contributed by atoms with E-state index in [0.29, 0.717) is 56.1 Å². The zero-order chi connectivity index (χ0) is 24.9. The summed E-state index contributed by atoms with van der Waals surface area (Å²) >= 11 is 0. The van der Waals surface area contributed by atoms with Gasteiger partial charge in [-0.1, -0.05) is 6.07 Å². The number of fused-ring (bicyclic) bond motifs is 2. The molecule has 0 bridgehead atoms. The van der Waals surface area contributed by atoms with Crippen LogP contribution in [-0.4, -0.2) is 34.4 Å². The molecule has 0 atom stereocenters. The van der Waals surface area contributed by atoms with E-state index < -0.39 is 5.97 Å². The first kappa shape index (κ1) is 23.7. The number of benzene rings is 3. The largest absolute Gasteiger partial charge is 0.497 e. The summed E-state index contributed by atoms with van der Waals surface area (Å²) in [6, 6.07) is 13.6. The lowest BCUT2D eigenvalue weighted by Crippen LogP contribution is -2.05. The lowest BCUT2D eigenvalue weighted by atomic mass is 10.1. The Morgan fingerprint density at radius 1 is 0.829 bits per heavy atom. The van der Waals surface area contributed by atoms with Gasteiger partial charge in [0, 0.05) is 17.7 Å². The molecule has 0 amide bonds. The quantitative estimate of drug-likeness (QED) is 0.205. The van der Waals surface area contributed by atoms with Crippen LogP contribution in [0.4, 0.5) is 0 Å². The highest BCUT2D eigenvalue weighted by atomic mass is 16.5. The summed E-state index contributed by atoms with van der Waals surface area (Å²) in [7, 11) is 6.09. The molecule has 1 aromatic heterocycles. The Labute approximate surface area is 201 Å². The van der Waals surface area contributed by atoms with Crippen LogP contribution < -0.4 is 24.4 Å². The molecule has 0 N–H and O–H groups in total. The van der Waals surface area contributed by atoms with Crippen molar-refractivity contribution < 1.29 is 32.9 Å². The van der Waals surface area contributed by atoms with Crippen molar-refractivity contribution in [2.24, 2.45) is 0 Å². The van der Waals surface area contributed by atoms with Gasteiger partial charge in [0.2, 0.25) is 11.2 Å². The zero-order valence-electron chi connectivity index (χ0n) is 19.7. The van der Waals surface area contributed by atoms with Gasteiger partial charge in [-0.25, -0.2) is 4.79 Å². The molecule has 8 nitrogen and oxygen atoms in total. The van der Waals surface area contributed by atoms with Crippen LogP contribution >= 0.6 is 0 Å². The number of rotatable bonds is 8. The monoisotopic (exact) mass is 476 g/mol. The van der Waals surface area contributed by atoms with Gasteiger partial charge >= 0.3 is 5.97 Å². The maximum absolute atomic E-state index is 12.9. The van der Waals surface area contributed by atoms with E-state index in [1.165, 1.54) is 27.4 Å². The van der Waals surface area contributed by atoms with Crippen LogP contribution in [0, 0.1) is 0 Å². The Hall–Kier alpha value is -4.46. The molecule has 0 spiro atoms. The highest BCUT2D eigenvalue weighted by molar-refractivity contribution is 5.91. The molecule has 1 heterocycles. The molecule has 4 aromatic rings. The number of hydrogen-bond donors (Lipinski definition) is 0. The summed E-state index contributed by atoms with van der Waals surface area (Å²) in [5.74, 6) is 1.41. The zero-order valence-corrected chi connectivity index (χ0v) is 19.7. The smallest absolute Gasteiger partial charge is 0.331 e. The second-order valence-electron chi connectivity index (χ2n) is 7.49. The Kier molecular flexibility index (Phi) is 6.91. The number of hydrogen-bond acceptors (Lipinski definition) is 8. The van der Waals surface area contributed by atoms with Gasteiger partial charge in [-0.05, 0) is 48.0 Å². The van der Waals surface area contributed by atoms with Gasteiger partial charge in [0.1, 0.15) is 23.5 Å². The van der Waals surface area contributed by atoms with E-state index in [4.69, 9.17) is 28.1 Å². The summed E-state index contributed by atoms with van der Waals surface area (Å²) in [5.41, 5.74) is 1.98. The Morgan fingerprint density at radius 2 is 1.63 bits per heavy atom. The van der Waals surface area contributed by atoms with E-state index >= 15 is 0 Å². The summed E-state index contributed by atoms with van der Waals surface area (Å²) in [4.78, 5) is 25.3. The lowest BCUT2D eigenvalue weighted by molar-refractivity contribution is -0.138. The van der Waals surface area contributed by atoms with Crippen LogP contribution in [0.5, 0.6) is 23.0 Å². The number of methoxy groups -OCH3 is 4. The fourth-order valence-corrected chi connectivity index (χ4v) is 3.71. The molecule has 8 heteroatoms. The predicted molar refractivity (Wildman–Crippen MR) is 131 cm³/mol. The molecule has 3 aromatic carbocycles. The van der Waals surface area contributed by atoms with Crippen molar-refractivity contribution in [3.05, 3.63) is 76.0 Å². The molecular formula is C27H24O8. The first-order chi connectivity index (χ1) is 17.0. The van der Waals surface area contributed by atoms with Gasteiger partial charge in [-0.3, -0.25) is 4.79 Å². The van der Waals surface area contributed by atoms with E-state index in [9.17, 15) is 9.59 Å². The van der Waals surface area contributed by atoms with Gasteiger partial charge < -0.3 is 28.1 Å². The van der Waals surface area contributed by atoms with Crippen molar-refractivity contribution in [1.82, 2.24) is 0 Å². The molecule has 0 radical (unpaired) electrons. The van der Waals surface area contributed by atoms with Crippen molar-refractivity contribution in [2.75, 3.05) is 28.4 Å². The summed E-state index contributed by atoms with van der Waals surface area (Å²) in [5, 5.41) is 0.848. The van der Waals surface area contributed by atoms with Crippen LogP contribution in [-0.2, 0) is 16.1 Å². The first-order valence-corrected chi connectivity index (χ1v) is 10.7. The fourth-order valence-electron chi connectivity index (χ4n) is 3.71. The Morgan fingerprint density at radius 3 is 2.34 bits per heavy atom. The van der Waals surface area contributed by atoms with Crippen LogP contribution in [0.1, 0.15) is 11.1 Å². The topological polar surface area (TPSA) is 93.4 Å². The highest BCUT2D eigenvalue weighted by Crippen LogP contribution is 2.40. The number of carbonyl (C=O) groups excluding carboxylic acids is 1. The molecule has 0 aliphatic rings. The van der Waals surface area contributed by atoms with Gasteiger partial charge in [-0.2, -0.15) is 0 Å². The molecule has 0 aliphatic heterocycles. The minimum absolute atomic E-state index is 0.0116. The fraction of sp³-hybridized carbons (Fsp3) is 0.185. The molecule has 0 saturated carbocycles. The van der Waals surface area contributed by atoms with E-state index in [0.717, 1.165) is 0 Å². The standard InChI is InChI=1S/C27H24O8/c1-30-18-8-9-19-23(14-18)35-21-10-5-16(13-20(21)25(19)29)15-34-24(28)12-7-17-6-11-22(31-2)27(33-4)26(17)32-3/h5-14H,15H2,1-4H3/b12-7+. The maximum Gasteiger partial charge on any atom is 0.331 e. The Bertz CT molecular complexity index is 1480. The molecule has 0 aliphatic carbocycles.